The lowest BCUT2D eigenvalue weighted by molar-refractivity contribution is -0.115. The highest BCUT2D eigenvalue weighted by atomic mass is 16.5. The van der Waals surface area contributed by atoms with Crippen molar-refractivity contribution >= 4 is 11.6 Å². The first kappa shape index (κ1) is 17.4. The Morgan fingerprint density at radius 3 is 2.32 bits per heavy atom. The highest BCUT2D eigenvalue weighted by Gasteiger charge is 1.99. The van der Waals surface area contributed by atoms with Crippen LogP contribution >= 0.6 is 0 Å². The van der Waals surface area contributed by atoms with E-state index < -0.39 is 0 Å². The van der Waals surface area contributed by atoms with Gasteiger partial charge in [0.15, 0.2) is 0 Å². The summed E-state index contributed by atoms with van der Waals surface area (Å²) in [4.78, 5) is 11.2. The molecule has 0 unspecified atom stereocenters. The van der Waals surface area contributed by atoms with Crippen molar-refractivity contribution in [1.82, 2.24) is 5.32 Å². The van der Waals surface area contributed by atoms with E-state index in [0.717, 1.165) is 18.0 Å². The van der Waals surface area contributed by atoms with Gasteiger partial charge in [-0.15, -0.1) is 0 Å². The van der Waals surface area contributed by atoms with E-state index in [1.165, 1.54) is 12.8 Å². The summed E-state index contributed by atoms with van der Waals surface area (Å²) in [6, 6.07) is 7.20. The quantitative estimate of drug-likeness (QED) is 0.731. The van der Waals surface area contributed by atoms with Gasteiger partial charge in [0, 0.05) is 5.69 Å². The van der Waals surface area contributed by atoms with Gasteiger partial charge in [0.25, 0.3) is 0 Å². The average Bonchev–Trinajstić information content (AvgIpc) is 2.41. The summed E-state index contributed by atoms with van der Waals surface area (Å²) in [6.07, 6.45) is 2.39. The minimum atomic E-state index is -0.0577. The summed E-state index contributed by atoms with van der Waals surface area (Å²) in [5, 5.41) is 5.51. The summed E-state index contributed by atoms with van der Waals surface area (Å²) in [7, 11) is 3.34. The molecule has 0 fully saturated rings. The van der Waals surface area contributed by atoms with Gasteiger partial charge in [-0.1, -0.05) is 13.3 Å². The number of methoxy groups -OCH3 is 1. The molecule has 5 nitrogen and oxygen atoms in total. The SMILES string of the molecule is CCCCN.CNCC(=O)Nc1ccc(OC)cc1. The molecule has 0 atom stereocenters. The molecule has 0 aliphatic rings. The largest absolute Gasteiger partial charge is 0.497 e. The van der Waals surface area contributed by atoms with E-state index in [4.69, 9.17) is 10.5 Å². The van der Waals surface area contributed by atoms with Gasteiger partial charge in [0.05, 0.1) is 13.7 Å². The Hall–Kier alpha value is -1.59. The highest BCUT2D eigenvalue weighted by molar-refractivity contribution is 5.92. The molecule has 4 N–H and O–H groups in total. The molecule has 1 aromatic rings. The van der Waals surface area contributed by atoms with Crippen LogP contribution < -0.4 is 21.1 Å². The normalized spacial score (nSPS) is 9.26. The first-order valence-corrected chi connectivity index (χ1v) is 6.46. The minimum absolute atomic E-state index is 0.0577. The van der Waals surface area contributed by atoms with E-state index in [1.807, 2.05) is 0 Å². The molecule has 0 aliphatic heterocycles. The monoisotopic (exact) mass is 267 g/mol. The lowest BCUT2D eigenvalue weighted by Gasteiger charge is -2.05. The molecule has 1 rings (SSSR count). The fourth-order valence-corrected chi connectivity index (χ4v) is 1.24. The van der Waals surface area contributed by atoms with Gasteiger partial charge in [-0.2, -0.15) is 0 Å². The zero-order valence-electron chi connectivity index (χ0n) is 12.0. The summed E-state index contributed by atoms with van der Waals surface area (Å²) in [5.74, 6) is 0.717. The number of hydrogen-bond donors (Lipinski definition) is 3. The van der Waals surface area contributed by atoms with Crippen molar-refractivity contribution in [3.05, 3.63) is 24.3 Å². The van der Waals surface area contributed by atoms with Crippen LogP contribution in [0.15, 0.2) is 24.3 Å². The van der Waals surface area contributed by atoms with Gasteiger partial charge in [-0.3, -0.25) is 4.79 Å². The highest BCUT2D eigenvalue weighted by Crippen LogP contribution is 2.14. The van der Waals surface area contributed by atoms with Gasteiger partial charge in [0.2, 0.25) is 5.91 Å². The van der Waals surface area contributed by atoms with Crippen LogP contribution in [0.1, 0.15) is 19.8 Å². The fraction of sp³-hybridized carbons (Fsp3) is 0.500. The van der Waals surface area contributed by atoms with Crippen molar-refractivity contribution < 1.29 is 9.53 Å². The van der Waals surface area contributed by atoms with Crippen molar-refractivity contribution in [2.24, 2.45) is 5.73 Å². The number of anilines is 1. The zero-order chi connectivity index (χ0) is 14.5. The third kappa shape index (κ3) is 9.04. The van der Waals surface area contributed by atoms with Crippen LogP contribution in [0.3, 0.4) is 0 Å². The number of amides is 1. The van der Waals surface area contributed by atoms with Crippen molar-refractivity contribution in [3.8, 4) is 5.75 Å². The van der Waals surface area contributed by atoms with Gasteiger partial charge in [-0.05, 0) is 44.3 Å². The van der Waals surface area contributed by atoms with Crippen LogP contribution in [0.4, 0.5) is 5.69 Å². The number of nitrogens with two attached hydrogens (primary N) is 1. The van der Waals surface area contributed by atoms with E-state index >= 15 is 0 Å². The average molecular weight is 267 g/mol. The number of ether oxygens (including phenoxy) is 1. The third-order valence-electron chi connectivity index (χ3n) is 2.27. The molecule has 0 saturated carbocycles. The maximum atomic E-state index is 11.2. The Labute approximate surface area is 115 Å². The molecule has 19 heavy (non-hydrogen) atoms. The Morgan fingerprint density at radius 2 is 1.95 bits per heavy atom. The van der Waals surface area contributed by atoms with Crippen molar-refractivity contribution in [1.29, 1.82) is 0 Å². The molecule has 5 heteroatoms. The molecular weight excluding hydrogens is 242 g/mol. The van der Waals surface area contributed by atoms with E-state index in [2.05, 4.69) is 17.6 Å². The van der Waals surface area contributed by atoms with Crippen molar-refractivity contribution in [2.45, 2.75) is 19.8 Å². The second kappa shape index (κ2) is 11.5. The third-order valence-corrected chi connectivity index (χ3v) is 2.27. The molecule has 1 aromatic carbocycles. The minimum Gasteiger partial charge on any atom is -0.497 e. The van der Waals surface area contributed by atoms with Crippen molar-refractivity contribution in [3.63, 3.8) is 0 Å². The second-order valence-corrected chi connectivity index (χ2v) is 3.95. The molecule has 1 amide bonds. The summed E-state index contributed by atoms with van der Waals surface area (Å²) >= 11 is 0. The van der Waals surface area contributed by atoms with Crippen LogP contribution in [0.25, 0.3) is 0 Å². The van der Waals surface area contributed by atoms with Crippen LogP contribution in [0.5, 0.6) is 5.75 Å². The van der Waals surface area contributed by atoms with Crippen LogP contribution in [0.2, 0.25) is 0 Å². The van der Waals surface area contributed by atoms with Crippen LogP contribution in [-0.2, 0) is 4.79 Å². The lowest BCUT2D eigenvalue weighted by atomic mass is 10.3. The summed E-state index contributed by atoms with van der Waals surface area (Å²) in [6.45, 7) is 3.29. The molecule has 108 valence electrons. The molecule has 0 bridgehead atoms. The maximum absolute atomic E-state index is 11.2. The van der Waals surface area contributed by atoms with E-state index in [0.29, 0.717) is 6.54 Å². The zero-order valence-corrected chi connectivity index (χ0v) is 12.0. The van der Waals surface area contributed by atoms with Gasteiger partial charge in [-0.25, -0.2) is 0 Å². The molecule has 0 aromatic heterocycles. The van der Waals surface area contributed by atoms with Crippen LogP contribution in [0, 0.1) is 0 Å². The number of benzene rings is 1. The van der Waals surface area contributed by atoms with Gasteiger partial charge < -0.3 is 21.1 Å². The van der Waals surface area contributed by atoms with Gasteiger partial charge in [0.1, 0.15) is 5.75 Å². The Bertz CT molecular complexity index is 337. The van der Waals surface area contributed by atoms with E-state index in [1.54, 1.807) is 38.4 Å². The number of unbranched alkanes of at least 4 members (excludes halogenated alkanes) is 1. The molecule has 0 radical (unpaired) electrons. The topological polar surface area (TPSA) is 76.4 Å². The number of carbonyl (C=O) groups excluding carboxylic acids is 1. The predicted octanol–water partition coefficient (Wildman–Crippen LogP) is 1.60. The van der Waals surface area contributed by atoms with Gasteiger partial charge >= 0.3 is 0 Å². The van der Waals surface area contributed by atoms with E-state index in [-0.39, 0.29) is 5.91 Å². The first-order valence-electron chi connectivity index (χ1n) is 6.46. The smallest absolute Gasteiger partial charge is 0.238 e. The summed E-state index contributed by atoms with van der Waals surface area (Å²) in [5.41, 5.74) is 5.91. The number of carbonyl (C=O) groups is 1. The van der Waals surface area contributed by atoms with E-state index in [9.17, 15) is 4.79 Å². The number of rotatable bonds is 6. The predicted molar refractivity (Wildman–Crippen MR) is 79.5 cm³/mol. The Morgan fingerprint density at radius 1 is 1.32 bits per heavy atom. The number of likely N-dealkylation sites (N-methyl/N-ethyl adjacent to an activating group) is 1. The fourth-order valence-electron chi connectivity index (χ4n) is 1.24. The van der Waals surface area contributed by atoms with Crippen molar-refractivity contribution in [2.75, 3.05) is 32.6 Å². The Balaban J connectivity index is 0.000000555. The lowest BCUT2D eigenvalue weighted by Crippen LogP contribution is -2.24. The summed E-state index contributed by atoms with van der Waals surface area (Å²) < 4.78 is 5.00. The molecular formula is C14H25N3O2. The maximum Gasteiger partial charge on any atom is 0.238 e. The van der Waals surface area contributed by atoms with Crippen LogP contribution in [-0.4, -0.2) is 33.2 Å². The molecule has 0 saturated heterocycles. The molecule has 0 spiro atoms. The second-order valence-electron chi connectivity index (χ2n) is 3.95. The molecule has 0 aliphatic carbocycles. The number of hydrogen-bond acceptors (Lipinski definition) is 4. The standard InChI is InChI=1S/C10H14N2O2.C4H11N/c1-11-7-10(13)12-8-3-5-9(14-2)6-4-8;1-2-3-4-5/h3-6,11H,7H2,1-2H3,(H,12,13);2-5H2,1H3. The Kier molecular flexibility index (Phi) is 10.5. The molecule has 0 heterocycles. The first-order chi connectivity index (χ1) is 9.17. The number of nitrogens with one attached hydrogen (secondary N) is 2.